The summed E-state index contributed by atoms with van der Waals surface area (Å²) in [5, 5.41) is 3.50. The van der Waals surface area contributed by atoms with Crippen LogP contribution in [-0.4, -0.2) is 25.4 Å². The first-order valence-corrected chi connectivity index (χ1v) is 8.31. The Balaban J connectivity index is 1.95. The van der Waals surface area contributed by atoms with Gasteiger partial charge in [0.05, 0.1) is 12.6 Å². The highest BCUT2D eigenvalue weighted by atomic mass is 35.5. The first kappa shape index (κ1) is 18.8. The SMILES string of the molecule is CCOc1cc(C=O)ccc1OCC(=O)N[C@H](C)c1ccc(Cl)cc1. The molecule has 0 spiro atoms. The molecular weight excluding hydrogens is 342 g/mol. The van der Waals surface area contributed by atoms with E-state index in [1.807, 2.05) is 26.0 Å². The van der Waals surface area contributed by atoms with Gasteiger partial charge in [0, 0.05) is 10.6 Å². The van der Waals surface area contributed by atoms with Crippen molar-refractivity contribution < 1.29 is 19.1 Å². The fourth-order valence-corrected chi connectivity index (χ4v) is 2.37. The van der Waals surface area contributed by atoms with Crippen LogP contribution >= 0.6 is 11.6 Å². The number of ether oxygens (including phenoxy) is 2. The Morgan fingerprint density at radius 1 is 1.16 bits per heavy atom. The van der Waals surface area contributed by atoms with E-state index in [1.54, 1.807) is 30.3 Å². The average Bonchev–Trinajstić information content (AvgIpc) is 2.61. The summed E-state index contributed by atoms with van der Waals surface area (Å²) in [5.74, 6) is 0.594. The number of carbonyl (C=O) groups is 2. The van der Waals surface area contributed by atoms with Gasteiger partial charge in [0.1, 0.15) is 6.29 Å². The molecule has 2 rings (SSSR count). The van der Waals surface area contributed by atoms with Gasteiger partial charge in [-0.15, -0.1) is 0 Å². The standard InChI is InChI=1S/C19H20ClNO4/c1-3-24-18-10-14(11-22)4-9-17(18)25-12-19(23)21-13(2)15-5-7-16(20)8-6-15/h4-11,13H,3,12H2,1-2H3,(H,21,23)/t13-/m1/s1. The number of nitrogens with one attached hydrogen (secondary N) is 1. The fourth-order valence-electron chi connectivity index (χ4n) is 2.25. The van der Waals surface area contributed by atoms with Crippen LogP contribution in [0.2, 0.25) is 5.02 Å². The van der Waals surface area contributed by atoms with Gasteiger partial charge >= 0.3 is 0 Å². The van der Waals surface area contributed by atoms with Gasteiger partial charge in [0.2, 0.25) is 0 Å². The Morgan fingerprint density at radius 2 is 1.88 bits per heavy atom. The number of halogens is 1. The summed E-state index contributed by atoms with van der Waals surface area (Å²) in [5.41, 5.74) is 1.43. The second kappa shape index (κ2) is 9.08. The smallest absolute Gasteiger partial charge is 0.258 e. The second-order valence-electron chi connectivity index (χ2n) is 5.39. The summed E-state index contributed by atoms with van der Waals surface area (Å²) in [6.45, 7) is 3.99. The second-order valence-corrected chi connectivity index (χ2v) is 5.82. The predicted octanol–water partition coefficient (Wildman–Crippen LogP) is 3.81. The number of benzene rings is 2. The van der Waals surface area contributed by atoms with Crippen molar-refractivity contribution in [1.82, 2.24) is 5.32 Å². The first-order valence-electron chi connectivity index (χ1n) is 7.93. The molecule has 132 valence electrons. The van der Waals surface area contributed by atoms with Gasteiger partial charge in [-0.25, -0.2) is 0 Å². The van der Waals surface area contributed by atoms with E-state index in [1.165, 1.54) is 0 Å². The third-order valence-corrected chi connectivity index (χ3v) is 3.76. The fraction of sp³-hybridized carbons (Fsp3) is 0.263. The van der Waals surface area contributed by atoms with Crippen molar-refractivity contribution in [1.29, 1.82) is 0 Å². The Labute approximate surface area is 151 Å². The first-order chi connectivity index (χ1) is 12.0. The van der Waals surface area contributed by atoms with Gasteiger partial charge in [-0.2, -0.15) is 0 Å². The van der Waals surface area contributed by atoms with Gasteiger partial charge in [0.25, 0.3) is 5.91 Å². The van der Waals surface area contributed by atoms with E-state index in [-0.39, 0.29) is 18.6 Å². The maximum absolute atomic E-state index is 12.1. The number of carbonyl (C=O) groups excluding carboxylic acids is 2. The van der Waals surface area contributed by atoms with Crippen molar-refractivity contribution >= 4 is 23.8 Å². The Bertz CT molecular complexity index is 731. The molecule has 0 heterocycles. The molecule has 25 heavy (non-hydrogen) atoms. The molecule has 0 aromatic heterocycles. The molecule has 0 aliphatic rings. The number of aldehydes is 1. The Kier molecular flexibility index (Phi) is 6.83. The largest absolute Gasteiger partial charge is 0.490 e. The van der Waals surface area contributed by atoms with Gasteiger partial charge in [-0.05, 0) is 49.7 Å². The van der Waals surface area contributed by atoms with E-state index in [2.05, 4.69) is 5.32 Å². The van der Waals surface area contributed by atoms with E-state index in [9.17, 15) is 9.59 Å². The zero-order valence-electron chi connectivity index (χ0n) is 14.1. The van der Waals surface area contributed by atoms with Crippen molar-refractivity contribution in [3.05, 3.63) is 58.6 Å². The quantitative estimate of drug-likeness (QED) is 0.726. The zero-order valence-corrected chi connectivity index (χ0v) is 14.9. The van der Waals surface area contributed by atoms with E-state index in [0.717, 1.165) is 11.8 Å². The Morgan fingerprint density at radius 3 is 2.52 bits per heavy atom. The van der Waals surface area contributed by atoms with E-state index >= 15 is 0 Å². The van der Waals surface area contributed by atoms with E-state index in [4.69, 9.17) is 21.1 Å². The molecule has 0 fully saturated rings. The number of rotatable bonds is 8. The molecule has 6 heteroatoms. The number of amides is 1. The Hall–Kier alpha value is -2.53. The zero-order chi connectivity index (χ0) is 18.2. The van der Waals surface area contributed by atoms with Crippen LogP contribution in [0.3, 0.4) is 0 Å². The lowest BCUT2D eigenvalue weighted by Crippen LogP contribution is -2.31. The molecule has 0 unspecified atom stereocenters. The number of hydrogen-bond acceptors (Lipinski definition) is 4. The van der Waals surface area contributed by atoms with Crippen LogP contribution in [0.4, 0.5) is 0 Å². The predicted molar refractivity (Wildman–Crippen MR) is 96.5 cm³/mol. The lowest BCUT2D eigenvalue weighted by atomic mass is 10.1. The monoisotopic (exact) mass is 361 g/mol. The molecule has 0 saturated carbocycles. The van der Waals surface area contributed by atoms with Crippen molar-refractivity contribution in [3.8, 4) is 11.5 Å². The van der Waals surface area contributed by atoms with Crippen LogP contribution in [0.1, 0.15) is 35.8 Å². The summed E-state index contributed by atoms with van der Waals surface area (Å²) < 4.78 is 11.0. The average molecular weight is 362 g/mol. The molecule has 0 saturated heterocycles. The summed E-state index contributed by atoms with van der Waals surface area (Å²) >= 11 is 5.86. The van der Waals surface area contributed by atoms with Crippen LogP contribution in [-0.2, 0) is 4.79 Å². The number of hydrogen-bond donors (Lipinski definition) is 1. The van der Waals surface area contributed by atoms with E-state index < -0.39 is 0 Å². The molecule has 0 aliphatic carbocycles. The normalized spacial score (nSPS) is 11.5. The molecular formula is C19H20ClNO4. The maximum Gasteiger partial charge on any atom is 0.258 e. The van der Waals surface area contributed by atoms with Gasteiger partial charge in [0.15, 0.2) is 18.1 Å². The topological polar surface area (TPSA) is 64.6 Å². The molecule has 0 aliphatic heterocycles. The summed E-state index contributed by atoms with van der Waals surface area (Å²) in [7, 11) is 0. The highest BCUT2D eigenvalue weighted by Gasteiger charge is 2.12. The van der Waals surface area contributed by atoms with Crippen molar-refractivity contribution in [2.24, 2.45) is 0 Å². The molecule has 5 nitrogen and oxygen atoms in total. The molecule has 0 radical (unpaired) electrons. The molecule has 2 aromatic carbocycles. The van der Waals surface area contributed by atoms with Crippen LogP contribution in [0.15, 0.2) is 42.5 Å². The van der Waals surface area contributed by atoms with Crippen molar-refractivity contribution in [2.75, 3.05) is 13.2 Å². The lowest BCUT2D eigenvalue weighted by Gasteiger charge is -2.16. The minimum atomic E-state index is -0.260. The van der Waals surface area contributed by atoms with Crippen LogP contribution < -0.4 is 14.8 Å². The molecule has 1 N–H and O–H groups in total. The lowest BCUT2D eigenvalue weighted by molar-refractivity contribution is -0.123. The van der Waals surface area contributed by atoms with Gasteiger partial charge in [-0.3, -0.25) is 9.59 Å². The third kappa shape index (κ3) is 5.50. The molecule has 2 aromatic rings. The summed E-state index contributed by atoms with van der Waals surface area (Å²) in [4.78, 5) is 22.9. The van der Waals surface area contributed by atoms with Crippen molar-refractivity contribution in [2.45, 2.75) is 19.9 Å². The van der Waals surface area contributed by atoms with Crippen LogP contribution in [0, 0.1) is 0 Å². The van der Waals surface area contributed by atoms with Crippen LogP contribution in [0.5, 0.6) is 11.5 Å². The molecule has 0 bridgehead atoms. The van der Waals surface area contributed by atoms with Crippen molar-refractivity contribution in [3.63, 3.8) is 0 Å². The minimum Gasteiger partial charge on any atom is -0.490 e. The molecule has 1 atom stereocenters. The van der Waals surface area contributed by atoms with Gasteiger partial charge < -0.3 is 14.8 Å². The third-order valence-electron chi connectivity index (χ3n) is 3.51. The van der Waals surface area contributed by atoms with Crippen LogP contribution in [0.25, 0.3) is 0 Å². The van der Waals surface area contributed by atoms with Gasteiger partial charge in [-0.1, -0.05) is 23.7 Å². The minimum absolute atomic E-state index is 0.154. The highest BCUT2D eigenvalue weighted by molar-refractivity contribution is 6.30. The van der Waals surface area contributed by atoms with E-state index in [0.29, 0.717) is 28.7 Å². The maximum atomic E-state index is 12.1. The highest BCUT2D eigenvalue weighted by Crippen LogP contribution is 2.28. The molecule has 1 amide bonds. The summed E-state index contributed by atoms with van der Waals surface area (Å²) in [6, 6.07) is 11.9. The summed E-state index contributed by atoms with van der Waals surface area (Å²) in [6.07, 6.45) is 0.729.